The summed E-state index contributed by atoms with van der Waals surface area (Å²) in [5, 5.41) is 16.4. The zero-order valence-electron chi connectivity index (χ0n) is 16.9. The molecule has 6 rings (SSSR count). The Bertz CT molecular complexity index is 1200. The minimum Gasteiger partial charge on any atom is -0.379 e. The molecule has 0 radical (unpaired) electrons. The van der Waals surface area contributed by atoms with Crippen LogP contribution in [0.4, 0.5) is 5.95 Å². The van der Waals surface area contributed by atoms with E-state index in [-0.39, 0.29) is 0 Å². The van der Waals surface area contributed by atoms with Crippen LogP contribution in [0.5, 0.6) is 0 Å². The predicted molar refractivity (Wildman–Crippen MR) is 113 cm³/mol. The van der Waals surface area contributed by atoms with Gasteiger partial charge < -0.3 is 10.1 Å². The third-order valence-corrected chi connectivity index (χ3v) is 6.35. The van der Waals surface area contributed by atoms with Crippen molar-refractivity contribution in [1.29, 1.82) is 0 Å². The largest absolute Gasteiger partial charge is 0.379 e. The van der Waals surface area contributed by atoms with Crippen molar-refractivity contribution in [3.8, 4) is 11.1 Å². The maximum Gasteiger partial charge on any atom is 0.241 e. The number of benzene rings is 1. The first-order chi connectivity index (χ1) is 14.7. The fourth-order valence-electron chi connectivity index (χ4n) is 4.54. The van der Waals surface area contributed by atoms with Gasteiger partial charge in [0.15, 0.2) is 0 Å². The van der Waals surface area contributed by atoms with Crippen LogP contribution in [-0.4, -0.2) is 72.9 Å². The van der Waals surface area contributed by atoms with Crippen molar-refractivity contribution in [2.24, 2.45) is 7.05 Å². The van der Waals surface area contributed by atoms with Gasteiger partial charge in [0.2, 0.25) is 5.95 Å². The van der Waals surface area contributed by atoms with E-state index >= 15 is 0 Å². The molecule has 1 aromatic carbocycles. The molecule has 3 aromatic heterocycles. The van der Waals surface area contributed by atoms with Gasteiger partial charge in [-0.05, 0) is 36.6 Å². The number of aromatic nitrogens is 6. The predicted octanol–water partition coefficient (Wildman–Crippen LogP) is 1.95. The molecular formula is C21H24N8O. The van der Waals surface area contributed by atoms with Crippen molar-refractivity contribution in [1.82, 2.24) is 34.5 Å². The molecule has 0 spiro atoms. The first kappa shape index (κ1) is 17.8. The number of aryl methyl sites for hydroxylation is 1. The number of morpholine rings is 1. The highest BCUT2D eigenvalue weighted by molar-refractivity contribution is 5.87. The van der Waals surface area contributed by atoms with Gasteiger partial charge in [-0.15, -0.1) is 10.2 Å². The van der Waals surface area contributed by atoms with Crippen molar-refractivity contribution in [3.63, 3.8) is 0 Å². The van der Waals surface area contributed by atoms with E-state index < -0.39 is 0 Å². The Balaban J connectivity index is 1.19. The number of hydrogen-bond donors (Lipinski definition) is 1. The average molecular weight is 404 g/mol. The number of anilines is 1. The summed E-state index contributed by atoms with van der Waals surface area (Å²) >= 11 is 0. The molecule has 9 heteroatoms. The smallest absolute Gasteiger partial charge is 0.241 e. The molecule has 154 valence electrons. The quantitative estimate of drug-likeness (QED) is 0.556. The van der Waals surface area contributed by atoms with Crippen LogP contribution < -0.4 is 5.32 Å². The minimum absolute atomic E-state index is 0.435. The molecule has 0 unspecified atom stereocenters. The molecule has 0 amide bonds. The van der Waals surface area contributed by atoms with Crippen LogP contribution in [0.15, 0.2) is 36.7 Å². The number of ether oxygens (including phenoxy) is 1. The zero-order valence-corrected chi connectivity index (χ0v) is 16.9. The fourth-order valence-corrected chi connectivity index (χ4v) is 4.54. The maximum atomic E-state index is 5.45. The Morgan fingerprint density at radius 2 is 1.97 bits per heavy atom. The lowest BCUT2D eigenvalue weighted by atomic mass is 9.85. The summed E-state index contributed by atoms with van der Waals surface area (Å²) in [7, 11) is 1.90. The van der Waals surface area contributed by atoms with E-state index in [1.165, 1.54) is 0 Å². The van der Waals surface area contributed by atoms with Crippen LogP contribution in [0.1, 0.15) is 12.8 Å². The van der Waals surface area contributed by atoms with Gasteiger partial charge in [0, 0.05) is 44.0 Å². The maximum absolute atomic E-state index is 5.45. The van der Waals surface area contributed by atoms with Gasteiger partial charge in [0.1, 0.15) is 5.52 Å². The van der Waals surface area contributed by atoms with Crippen molar-refractivity contribution < 1.29 is 4.74 Å². The molecule has 30 heavy (non-hydrogen) atoms. The lowest BCUT2D eigenvalue weighted by Crippen LogP contribution is -2.53. The number of hydrogen-bond acceptors (Lipinski definition) is 7. The second kappa shape index (κ2) is 7.03. The molecule has 4 aromatic rings. The van der Waals surface area contributed by atoms with Crippen molar-refractivity contribution in [2.45, 2.75) is 24.9 Å². The molecule has 0 atom stereocenters. The topological polar surface area (TPSA) is 85.4 Å². The first-order valence-corrected chi connectivity index (χ1v) is 10.5. The second-order valence-electron chi connectivity index (χ2n) is 8.17. The second-order valence-corrected chi connectivity index (χ2v) is 8.17. The molecule has 2 aliphatic rings. The SMILES string of the molecule is Cn1nnc2ccc(-c3ccn4nc(NC5CC(N6CCOCC6)C5)ncc34)cc21. The Labute approximate surface area is 173 Å². The summed E-state index contributed by atoms with van der Waals surface area (Å²) in [6.45, 7) is 3.81. The van der Waals surface area contributed by atoms with E-state index in [0.717, 1.165) is 66.8 Å². The zero-order chi connectivity index (χ0) is 20.1. The van der Waals surface area contributed by atoms with E-state index in [4.69, 9.17) is 4.74 Å². The van der Waals surface area contributed by atoms with Crippen LogP contribution in [-0.2, 0) is 11.8 Å². The number of nitrogens with one attached hydrogen (secondary N) is 1. The summed E-state index contributed by atoms with van der Waals surface area (Å²) in [5.74, 6) is 0.682. The molecule has 1 N–H and O–H groups in total. The Morgan fingerprint density at radius 3 is 2.83 bits per heavy atom. The lowest BCUT2D eigenvalue weighted by molar-refractivity contribution is -0.00443. The molecule has 4 heterocycles. The summed E-state index contributed by atoms with van der Waals surface area (Å²) in [6.07, 6.45) is 6.16. The van der Waals surface area contributed by atoms with E-state index in [1.54, 1.807) is 4.68 Å². The molecule has 0 bridgehead atoms. The Hall–Kier alpha value is -3.04. The van der Waals surface area contributed by atoms with E-state index in [0.29, 0.717) is 18.0 Å². The summed E-state index contributed by atoms with van der Waals surface area (Å²) in [6, 6.07) is 9.35. The third kappa shape index (κ3) is 3.01. The van der Waals surface area contributed by atoms with Gasteiger partial charge >= 0.3 is 0 Å². The minimum atomic E-state index is 0.435. The highest BCUT2D eigenvalue weighted by atomic mass is 16.5. The number of fused-ring (bicyclic) bond motifs is 2. The summed E-state index contributed by atoms with van der Waals surface area (Å²) < 4.78 is 9.14. The number of nitrogens with zero attached hydrogens (tertiary/aromatic N) is 7. The van der Waals surface area contributed by atoms with Crippen molar-refractivity contribution >= 4 is 22.5 Å². The third-order valence-electron chi connectivity index (χ3n) is 6.35. The molecule has 1 aliphatic heterocycles. The van der Waals surface area contributed by atoms with Crippen LogP contribution in [0.3, 0.4) is 0 Å². The molecular weight excluding hydrogens is 380 g/mol. The molecule has 1 saturated heterocycles. The molecule has 9 nitrogen and oxygen atoms in total. The van der Waals surface area contributed by atoms with Crippen LogP contribution in [0.25, 0.3) is 27.7 Å². The van der Waals surface area contributed by atoms with Gasteiger partial charge in [-0.25, -0.2) is 14.2 Å². The van der Waals surface area contributed by atoms with E-state index in [9.17, 15) is 0 Å². The highest BCUT2D eigenvalue weighted by Crippen LogP contribution is 2.30. The number of rotatable bonds is 4. The fraction of sp³-hybridized carbons (Fsp3) is 0.429. The normalized spacial score (nSPS) is 22.4. The highest BCUT2D eigenvalue weighted by Gasteiger charge is 2.34. The molecule has 1 aliphatic carbocycles. The van der Waals surface area contributed by atoms with Gasteiger partial charge in [-0.1, -0.05) is 11.3 Å². The van der Waals surface area contributed by atoms with Gasteiger partial charge in [0.05, 0.1) is 30.4 Å². The standard InChI is InChI=1S/C21H24N8O/c1-27-19-10-14(2-3-18(19)24-26-27)17-4-5-29-20(17)13-22-21(25-29)23-15-11-16(12-15)28-6-8-30-9-7-28/h2-5,10,13,15-16H,6-9,11-12H2,1H3,(H,23,25). The first-order valence-electron chi connectivity index (χ1n) is 10.5. The lowest BCUT2D eigenvalue weighted by Gasteiger charge is -2.44. The van der Waals surface area contributed by atoms with Crippen LogP contribution in [0.2, 0.25) is 0 Å². The van der Waals surface area contributed by atoms with Crippen LogP contribution >= 0.6 is 0 Å². The van der Waals surface area contributed by atoms with Gasteiger partial charge in [0.25, 0.3) is 0 Å². The van der Waals surface area contributed by atoms with Gasteiger partial charge in [-0.2, -0.15) is 0 Å². The Morgan fingerprint density at radius 1 is 1.10 bits per heavy atom. The molecule has 2 fully saturated rings. The van der Waals surface area contributed by atoms with E-state index in [1.807, 2.05) is 30.0 Å². The van der Waals surface area contributed by atoms with E-state index in [2.05, 4.69) is 48.8 Å². The van der Waals surface area contributed by atoms with Crippen molar-refractivity contribution in [2.75, 3.05) is 31.6 Å². The van der Waals surface area contributed by atoms with Crippen LogP contribution in [0, 0.1) is 0 Å². The Kier molecular flexibility index (Phi) is 4.17. The molecule has 1 saturated carbocycles. The van der Waals surface area contributed by atoms with Gasteiger partial charge in [-0.3, -0.25) is 4.90 Å². The summed E-state index contributed by atoms with van der Waals surface area (Å²) in [4.78, 5) is 7.13. The average Bonchev–Trinajstić information content (AvgIpc) is 3.34. The van der Waals surface area contributed by atoms with Crippen molar-refractivity contribution in [3.05, 3.63) is 36.7 Å². The monoisotopic (exact) mass is 404 g/mol. The summed E-state index contributed by atoms with van der Waals surface area (Å²) in [5.41, 5.74) is 5.08.